The third-order valence-corrected chi connectivity index (χ3v) is 4.13. The Kier molecular flexibility index (Phi) is 5.16. The van der Waals surface area contributed by atoms with Gasteiger partial charge in [-0.2, -0.15) is 0 Å². The summed E-state index contributed by atoms with van der Waals surface area (Å²) in [7, 11) is 0. The summed E-state index contributed by atoms with van der Waals surface area (Å²) in [6.45, 7) is 0.104. The number of aromatic hydroxyl groups is 1. The van der Waals surface area contributed by atoms with Gasteiger partial charge in [-0.25, -0.2) is 0 Å². The van der Waals surface area contributed by atoms with Crippen LogP contribution in [0, 0.1) is 0 Å². The summed E-state index contributed by atoms with van der Waals surface area (Å²) in [5.41, 5.74) is 5.20. The van der Waals surface area contributed by atoms with Gasteiger partial charge in [0, 0.05) is 13.0 Å². The second-order valence-corrected chi connectivity index (χ2v) is 5.93. The molecule has 0 bridgehead atoms. The lowest BCUT2D eigenvalue weighted by Crippen LogP contribution is -2.42. The summed E-state index contributed by atoms with van der Waals surface area (Å²) < 4.78 is 0. The number of carbonyl (C=O) groups excluding carboxylic acids is 4. The molecule has 1 aliphatic heterocycles. The van der Waals surface area contributed by atoms with Crippen molar-refractivity contribution < 1.29 is 24.3 Å². The van der Waals surface area contributed by atoms with Crippen LogP contribution in [-0.4, -0.2) is 40.2 Å². The van der Waals surface area contributed by atoms with Gasteiger partial charge in [0.05, 0.1) is 16.7 Å². The molecule has 0 aliphatic carbocycles. The van der Waals surface area contributed by atoms with Gasteiger partial charge in [0.25, 0.3) is 17.7 Å². The fourth-order valence-electron chi connectivity index (χ4n) is 2.76. The van der Waals surface area contributed by atoms with Crippen LogP contribution in [0.4, 0.5) is 0 Å². The Balaban J connectivity index is 1.45. The standard InChI is InChI=1S/C19H17N3O5/c23-15-9-4-3-8-14(15)17(25)21-20-16(24)10-5-11-22-18(26)12-6-1-2-7-13(12)19(22)27/h1-4,6-9,23H,5,10-11H2,(H,20,24)(H,21,25). The van der Waals surface area contributed by atoms with E-state index in [9.17, 15) is 24.3 Å². The first-order chi connectivity index (χ1) is 13.0. The van der Waals surface area contributed by atoms with E-state index >= 15 is 0 Å². The fraction of sp³-hybridized carbons (Fsp3) is 0.158. The molecule has 0 spiro atoms. The molecule has 0 atom stereocenters. The quantitative estimate of drug-likeness (QED) is 0.543. The number of amides is 4. The minimum absolute atomic E-state index is 0.00839. The number of fused-ring (bicyclic) bond motifs is 1. The lowest BCUT2D eigenvalue weighted by Gasteiger charge is -2.13. The number of phenolic OH excluding ortho intramolecular Hbond substituents is 1. The molecule has 1 heterocycles. The Morgan fingerprint density at radius 2 is 1.48 bits per heavy atom. The van der Waals surface area contributed by atoms with Gasteiger partial charge in [0.15, 0.2) is 0 Å². The van der Waals surface area contributed by atoms with E-state index < -0.39 is 11.8 Å². The predicted molar refractivity (Wildman–Crippen MR) is 94.8 cm³/mol. The van der Waals surface area contributed by atoms with Crippen molar-refractivity contribution >= 4 is 23.6 Å². The van der Waals surface area contributed by atoms with Crippen molar-refractivity contribution in [2.45, 2.75) is 12.8 Å². The predicted octanol–water partition coefficient (Wildman–Crippen LogP) is 1.23. The van der Waals surface area contributed by atoms with Crippen molar-refractivity contribution in [1.82, 2.24) is 15.8 Å². The molecule has 27 heavy (non-hydrogen) atoms. The van der Waals surface area contributed by atoms with Crippen molar-refractivity contribution in [2.24, 2.45) is 0 Å². The van der Waals surface area contributed by atoms with Crippen LogP contribution in [0.1, 0.15) is 43.9 Å². The number of hydrogen-bond acceptors (Lipinski definition) is 5. The molecular weight excluding hydrogens is 350 g/mol. The maximum absolute atomic E-state index is 12.2. The SMILES string of the molecule is O=C(CCCN1C(=O)c2ccccc2C1=O)NNC(=O)c1ccccc1O. The van der Waals surface area contributed by atoms with Crippen LogP contribution in [0.15, 0.2) is 48.5 Å². The molecule has 8 heteroatoms. The Morgan fingerprint density at radius 1 is 0.889 bits per heavy atom. The van der Waals surface area contributed by atoms with Gasteiger partial charge in [-0.1, -0.05) is 24.3 Å². The highest BCUT2D eigenvalue weighted by atomic mass is 16.3. The number of carbonyl (C=O) groups is 4. The molecule has 8 nitrogen and oxygen atoms in total. The van der Waals surface area contributed by atoms with Crippen molar-refractivity contribution in [3.63, 3.8) is 0 Å². The molecular formula is C19H17N3O5. The Hall–Kier alpha value is -3.68. The number of para-hydroxylation sites is 1. The van der Waals surface area contributed by atoms with Crippen LogP contribution in [0.5, 0.6) is 5.75 Å². The topological polar surface area (TPSA) is 116 Å². The number of rotatable bonds is 5. The van der Waals surface area contributed by atoms with Crippen molar-refractivity contribution in [3.05, 3.63) is 65.2 Å². The summed E-state index contributed by atoms with van der Waals surface area (Å²) in [5, 5.41) is 9.59. The molecule has 3 rings (SSSR count). The van der Waals surface area contributed by atoms with E-state index in [1.165, 1.54) is 12.1 Å². The Labute approximate surface area is 154 Å². The summed E-state index contributed by atoms with van der Waals surface area (Å²) >= 11 is 0. The Morgan fingerprint density at radius 3 is 2.11 bits per heavy atom. The third-order valence-electron chi connectivity index (χ3n) is 4.13. The monoisotopic (exact) mass is 367 g/mol. The second kappa shape index (κ2) is 7.69. The molecule has 2 aromatic rings. The van der Waals surface area contributed by atoms with E-state index in [1.54, 1.807) is 36.4 Å². The third kappa shape index (κ3) is 3.79. The molecule has 0 aromatic heterocycles. The van der Waals surface area contributed by atoms with Gasteiger partial charge in [0.1, 0.15) is 5.75 Å². The average Bonchev–Trinajstić information content (AvgIpc) is 2.91. The van der Waals surface area contributed by atoms with Gasteiger partial charge >= 0.3 is 0 Å². The van der Waals surface area contributed by atoms with Gasteiger partial charge in [-0.15, -0.1) is 0 Å². The average molecular weight is 367 g/mol. The molecule has 1 aliphatic rings. The van der Waals surface area contributed by atoms with Crippen LogP contribution in [0.2, 0.25) is 0 Å². The fourth-order valence-corrected chi connectivity index (χ4v) is 2.76. The van der Waals surface area contributed by atoms with E-state index in [4.69, 9.17) is 0 Å². The molecule has 0 saturated heterocycles. The molecule has 0 saturated carbocycles. The lowest BCUT2D eigenvalue weighted by atomic mass is 10.1. The number of nitrogens with zero attached hydrogens (tertiary/aromatic N) is 1. The van der Waals surface area contributed by atoms with Crippen LogP contribution >= 0.6 is 0 Å². The zero-order valence-corrected chi connectivity index (χ0v) is 14.3. The normalized spacial score (nSPS) is 12.7. The molecule has 3 N–H and O–H groups in total. The van der Waals surface area contributed by atoms with E-state index in [0.717, 1.165) is 4.90 Å². The van der Waals surface area contributed by atoms with Crippen molar-refractivity contribution in [1.29, 1.82) is 0 Å². The number of benzene rings is 2. The summed E-state index contributed by atoms with van der Waals surface area (Å²) in [6.07, 6.45) is 0.262. The maximum Gasteiger partial charge on any atom is 0.273 e. The summed E-state index contributed by atoms with van der Waals surface area (Å²) in [6, 6.07) is 12.5. The lowest BCUT2D eigenvalue weighted by molar-refractivity contribution is -0.122. The van der Waals surface area contributed by atoms with Gasteiger partial charge < -0.3 is 5.11 Å². The molecule has 4 amide bonds. The molecule has 0 fully saturated rings. The summed E-state index contributed by atoms with van der Waals surface area (Å²) in [4.78, 5) is 49.3. The zero-order chi connectivity index (χ0) is 19.4. The first kappa shape index (κ1) is 18.1. The number of hydrazine groups is 1. The highest BCUT2D eigenvalue weighted by Gasteiger charge is 2.34. The molecule has 0 unspecified atom stereocenters. The maximum atomic E-state index is 12.2. The van der Waals surface area contributed by atoms with Gasteiger partial charge in [-0.05, 0) is 30.7 Å². The first-order valence-electron chi connectivity index (χ1n) is 8.31. The second-order valence-electron chi connectivity index (χ2n) is 5.93. The largest absolute Gasteiger partial charge is 0.507 e. The Bertz CT molecular complexity index is 890. The summed E-state index contributed by atoms with van der Waals surface area (Å²) in [5.74, 6) is -2.07. The highest BCUT2D eigenvalue weighted by Crippen LogP contribution is 2.22. The minimum Gasteiger partial charge on any atom is -0.507 e. The number of phenols is 1. The van der Waals surface area contributed by atoms with Crippen molar-refractivity contribution in [2.75, 3.05) is 6.54 Å². The van der Waals surface area contributed by atoms with Crippen LogP contribution in [0.3, 0.4) is 0 Å². The van der Waals surface area contributed by atoms with Crippen LogP contribution in [0.25, 0.3) is 0 Å². The number of hydrogen-bond donors (Lipinski definition) is 3. The number of imide groups is 1. The van der Waals surface area contributed by atoms with Gasteiger partial charge in [0.2, 0.25) is 5.91 Å². The van der Waals surface area contributed by atoms with E-state index in [0.29, 0.717) is 11.1 Å². The van der Waals surface area contributed by atoms with E-state index in [-0.39, 0.29) is 42.5 Å². The van der Waals surface area contributed by atoms with Gasteiger partial charge in [-0.3, -0.25) is 34.9 Å². The van der Waals surface area contributed by atoms with E-state index in [2.05, 4.69) is 10.9 Å². The minimum atomic E-state index is -0.651. The smallest absolute Gasteiger partial charge is 0.273 e. The zero-order valence-electron chi connectivity index (χ0n) is 14.3. The van der Waals surface area contributed by atoms with Crippen molar-refractivity contribution in [3.8, 4) is 5.75 Å². The van der Waals surface area contributed by atoms with Crippen LogP contribution in [-0.2, 0) is 4.79 Å². The van der Waals surface area contributed by atoms with Crippen LogP contribution < -0.4 is 10.9 Å². The first-order valence-corrected chi connectivity index (χ1v) is 8.31. The van der Waals surface area contributed by atoms with E-state index in [1.807, 2.05) is 0 Å². The molecule has 138 valence electrons. The molecule has 0 radical (unpaired) electrons. The number of nitrogens with one attached hydrogen (secondary N) is 2. The highest BCUT2D eigenvalue weighted by molar-refractivity contribution is 6.21. The molecule has 2 aromatic carbocycles.